The molecule has 0 heterocycles. The van der Waals surface area contributed by atoms with Gasteiger partial charge < -0.3 is 10.1 Å². The number of carbonyl (C=O) groups is 1. The molecular weight excluding hydrogens is 259 g/mol. The Balaban J connectivity index is 2.86. The zero-order valence-corrected chi connectivity index (χ0v) is 11.6. The lowest BCUT2D eigenvalue weighted by Crippen LogP contribution is -2.25. The molecule has 0 aliphatic heterocycles. The van der Waals surface area contributed by atoms with Crippen LogP contribution >= 0.6 is 0 Å². The van der Waals surface area contributed by atoms with Crippen molar-refractivity contribution >= 4 is 12.0 Å². The predicted molar refractivity (Wildman–Crippen MR) is 74.5 cm³/mol. The van der Waals surface area contributed by atoms with Crippen molar-refractivity contribution in [3.63, 3.8) is 0 Å². The summed E-state index contributed by atoms with van der Waals surface area (Å²) in [5, 5.41) is 11.6. The van der Waals surface area contributed by atoms with Gasteiger partial charge >= 0.3 is 0 Å². The smallest absolute Gasteiger partial charge is 0.261 e. The fraction of sp³-hybridized carbons (Fsp3) is 0.333. The number of halogens is 1. The Morgan fingerprint density at radius 3 is 2.85 bits per heavy atom. The molecular formula is C15H17FN2O2. The number of nitrogens with one attached hydrogen (secondary N) is 1. The van der Waals surface area contributed by atoms with Gasteiger partial charge in [0, 0.05) is 6.54 Å². The van der Waals surface area contributed by atoms with Crippen molar-refractivity contribution in [2.45, 2.75) is 19.8 Å². The minimum atomic E-state index is -0.537. The Labute approximate surface area is 117 Å². The van der Waals surface area contributed by atoms with E-state index in [2.05, 4.69) is 5.32 Å². The van der Waals surface area contributed by atoms with Gasteiger partial charge in [-0.25, -0.2) is 4.39 Å². The van der Waals surface area contributed by atoms with Crippen LogP contribution < -0.4 is 10.1 Å². The normalized spacial score (nSPS) is 10.8. The third-order valence-corrected chi connectivity index (χ3v) is 2.67. The summed E-state index contributed by atoms with van der Waals surface area (Å²) in [6.45, 7) is 2.53. The van der Waals surface area contributed by atoms with Crippen molar-refractivity contribution in [3.8, 4) is 11.8 Å². The van der Waals surface area contributed by atoms with Gasteiger partial charge in [-0.15, -0.1) is 0 Å². The zero-order valence-electron chi connectivity index (χ0n) is 11.6. The van der Waals surface area contributed by atoms with Crippen LogP contribution in [0.25, 0.3) is 6.08 Å². The standard InChI is InChI=1S/C15H17FN2O2/c1-3-4-7-18-15(19)12(10-17)8-11-5-6-14(20-2)13(16)9-11/h5-6,8-9H,3-4,7H2,1-2H3,(H,18,19)/b12-8+. The summed E-state index contributed by atoms with van der Waals surface area (Å²) in [6, 6.07) is 6.07. The SMILES string of the molecule is CCCCNC(=O)/C(C#N)=C/c1ccc(OC)c(F)c1. The molecule has 20 heavy (non-hydrogen) atoms. The van der Waals surface area contributed by atoms with Gasteiger partial charge in [0.2, 0.25) is 0 Å². The average Bonchev–Trinajstić information content (AvgIpc) is 2.45. The maximum atomic E-state index is 13.5. The fourth-order valence-electron chi connectivity index (χ4n) is 1.56. The molecule has 0 radical (unpaired) electrons. The van der Waals surface area contributed by atoms with E-state index in [0.717, 1.165) is 12.8 Å². The Kier molecular flexibility index (Phi) is 6.24. The van der Waals surface area contributed by atoms with Crippen LogP contribution in [-0.2, 0) is 4.79 Å². The summed E-state index contributed by atoms with van der Waals surface area (Å²) in [6.07, 6.45) is 3.15. The first kappa shape index (κ1) is 15.7. The quantitative estimate of drug-likeness (QED) is 0.493. The van der Waals surface area contributed by atoms with Crippen LogP contribution in [0.1, 0.15) is 25.3 Å². The van der Waals surface area contributed by atoms with E-state index in [1.54, 1.807) is 6.07 Å². The summed E-state index contributed by atoms with van der Waals surface area (Å²) in [5.41, 5.74) is 0.385. The van der Waals surface area contributed by atoms with E-state index < -0.39 is 11.7 Å². The van der Waals surface area contributed by atoms with E-state index in [9.17, 15) is 9.18 Å². The maximum absolute atomic E-state index is 13.5. The van der Waals surface area contributed by atoms with E-state index in [1.807, 2.05) is 13.0 Å². The average molecular weight is 276 g/mol. The molecule has 1 rings (SSSR count). The summed E-state index contributed by atoms with van der Waals surface area (Å²) in [5.74, 6) is -0.866. The molecule has 0 aromatic heterocycles. The number of unbranched alkanes of at least 4 members (excludes halogenated alkanes) is 1. The summed E-state index contributed by atoms with van der Waals surface area (Å²) in [7, 11) is 1.37. The Hall–Kier alpha value is -2.35. The monoisotopic (exact) mass is 276 g/mol. The molecule has 0 fully saturated rings. The van der Waals surface area contributed by atoms with Gasteiger partial charge in [-0.2, -0.15) is 5.26 Å². The number of nitriles is 1. The highest BCUT2D eigenvalue weighted by molar-refractivity contribution is 6.01. The van der Waals surface area contributed by atoms with Crippen LogP contribution in [0.5, 0.6) is 5.75 Å². The molecule has 0 saturated heterocycles. The molecule has 0 saturated carbocycles. The lowest BCUT2D eigenvalue weighted by atomic mass is 10.1. The number of benzene rings is 1. The number of amides is 1. The number of hydrogen-bond acceptors (Lipinski definition) is 3. The molecule has 4 nitrogen and oxygen atoms in total. The fourth-order valence-corrected chi connectivity index (χ4v) is 1.56. The lowest BCUT2D eigenvalue weighted by molar-refractivity contribution is -0.117. The first-order valence-corrected chi connectivity index (χ1v) is 6.36. The van der Waals surface area contributed by atoms with E-state index in [0.29, 0.717) is 12.1 Å². The Morgan fingerprint density at radius 1 is 1.55 bits per heavy atom. The maximum Gasteiger partial charge on any atom is 0.261 e. The summed E-state index contributed by atoms with van der Waals surface area (Å²) in [4.78, 5) is 11.7. The zero-order chi connectivity index (χ0) is 15.0. The number of ether oxygens (including phenoxy) is 1. The molecule has 0 bridgehead atoms. The van der Waals surface area contributed by atoms with Crippen LogP contribution in [0.4, 0.5) is 4.39 Å². The number of hydrogen-bond donors (Lipinski definition) is 1. The lowest BCUT2D eigenvalue weighted by Gasteiger charge is -2.04. The molecule has 0 spiro atoms. The second kappa shape index (κ2) is 7.95. The van der Waals surface area contributed by atoms with Gasteiger partial charge in [0.25, 0.3) is 5.91 Å². The van der Waals surface area contributed by atoms with Crippen LogP contribution in [-0.4, -0.2) is 19.6 Å². The first-order chi connectivity index (χ1) is 9.62. The van der Waals surface area contributed by atoms with Gasteiger partial charge in [0.1, 0.15) is 11.6 Å². The van der Waals surface area contributed by atoms with E-state index >= 15 is 0 Å². The second-order valence-corrected chi connectivity index (χ2v) is 4.17. The third-order valence-electron chi connectivity index (χ3n) is 2.67. The molecule has 5 heteroatoms. The summed E-state index contributed by atoms with van der Waals surface area (Å²) < 4.78 is 18.3. The minimum Gasteiger partial charge on any atom is -0.494 e. The molecule has 0 unspecified atom stereocenters. The number of rotatable bonds is 6. The van der Waals surface area contributed by atoms with Gasteiger partial charge in [-0.1, -0.05) is 19.4 Å². The predicted octanol–water partition coefficient (Wildman–Crippen LogP) is 2.66. The Morgan fingerprint density at radius 2 is 2.30 bits per heavy atom. The molecule has 0 atom stereocenters. The molecule has 1 amide bonds. The molecule has 0 aliphatic carbocycles. The van der Waals surface area contributed by atoms with Crippen LogP contribution in [0.15, 0.2) is 23.8 Å². The van der Waals surface area contributed by atoms with Gasteiger partial charge in [0.05, 0.1) is 7.11 Å². The highest BCUT2D eigenvalue weighted by Gasteiger charge is 2.09. The molecule has 1 N–H and O–H groups in total. The van der Waals surface area contributed by atoms with Gasteiger partial charge in [-0.3, -0.25) is 4.79 Å². The molecule has 1 aromatic carbocycles. The van der Waals surface area contributed by atoms with Crippen molar-refractivity contribution in [3.05, 3.63) is 35.2 Å². The van der Waals surface area contributed by atoms with Crippen LogP contribution in [0.2, 0.25) is 0 Å². The molecule has 0 aliphatic rings. The molecule has 1 aromatic rings. The van der Waals surface area contributed by atoms with Crippen LogP contribution in [0, 0.1) is 17.1 Å². The topological polar surface area (TPSA) is 62.1 Å². The van der Waals surface area contributed by atoms with Gasteiger partial charge in [0.15, 0.2) is 11.6 Å². The van der Waals surface area contributed by atoms with Crippen molar-refractivity contribution in [2.75, 3.05) is 13.7 Å². The first-order valence-electron chi connectivity index (χ1n) is 6.36. The third kappa shape index (κ3) is 4.39. The number of carbonyl (C=O) groups excluding carboxylic acids is 1. The van der Waals surface area contributed by atoms with E-state index in [4.69, 9.17) is 10.00 Å². The van der Waals surface area contributed by atoms with E-state index in [-0.39, 0.29) is 11.3 Å². The highest BCUT2D eigenvalue weighted by atomic mass is 19.1. The second-order valence-electron chi connectivity index (χ2n) is 4.17. The summed E-state index contributed by atoms with van der Waals surface area (Å²) >= 11 is 0. The van der Waals surface area contributed by atoms with Crippen molar-refractivity contribution in [1.29, 1.82) is 5.26 Å². The van der Waals surface area contributed by atoms with Crippen molar-refractivity contribution < 1.29 is 13.9 Å². The number of nitrogens with zero attached hydrogens (tertiary/aromatic N) is 1. The van der Waals surface area contributed by atoms with Crippen molar-refractivity contribution in [1.82, 2.24) is 5.32 Å². The highest BCUT2D eigenvalue weighted by Crippen LogP contribution is 2.19. The number of methoxy groups -OCH3 is 1. The van der Waals surface area contributed by atoms with Crippen LogP contribution in [0.3, 0.4) is 0 Å². The minimum absolute atomic E-state index is 0.0503. The molecule has 106 valence electrons. The van der Waals surface area contributed by atoms with Gasteiger partial charge in [-0.05, 0) is 30.2 Å². The Bertz CT molecular complexity index is 547. The van der Waals surface area contributed by atoms with E-state index in [1.165, 1.54) is 25.3 Å². The largest absolute Gasteiger partial charge is 0.494 e. The van der Waals surface area contributed by atoms with Crippen molar-refractivity contribution in [2.24, 2.45) is 0 Å².